The lowest BCUT2D eigenvalue weighted by Gasteiger charge is -2.41. The number of carbonyl (C=O) groups is 1. The molecule has 3 saturated heterocycles. The predicted molar refractivity (Wildman–Crippen MR) is 101 cm³/mol. The lowest BCUT2D eigenvalue weighted by molar-refractivity contribution is -0.141. The van der Waals surface area contributed by atoms with E-state index < -0.39 is 15.7 Å². The summed E-state index contributed by atoms with van der Waals surface area (Å²) in [6.45, 7) is 3.73. The van der Waals surface area contributed by atoms with Gasteiger partial charge in [-0.1, -0.05) is 12.8 Å². The molecule has 0 aliphatic carbocycles. The van der Waals surface area contributed by atoms with Gasteiger partial charge in [-0.25, -0.2) is 0 Å². The van der Waals surface area contributed by atoms with Gasteiger partial charge in [0, 0.05) is 52.5 Å². The molecule has 152 valence electrons. The molecule has 8 nitrogen and oxygen atoms in total. The van der Waals surface area contributed by atoms with E-state index >= 15 is 0 Å². The van der Waals surface area contributed by atoms with Crippen LogP contribution in [0.5, 0.6) is 0 Å². The Hall–Kier alpha value is -0.450. The van der Waals surface area contributed by atoms with E-state index in [-0.39, 0.29) is 18.3 Å². The number of amides is 1. The molecular weight excluding hydrogens is 380 g/mol. The van der Waals surface area contributed by atoms with Crippen molar-refractivity contribution in [1.82, 2.24) is 13.5 Å². The van der Waals surface area contributed by atoms with Crippen LogP contribution >= 0.6 is 12.4 Å². The number of halogens is 1. The maximum absolute atomic E-state index is 12.8. The third kappa shape index (κ3) is 4.69. The van der Waals surface area contributed by atoms with Crippen LogP contribution in [0.15, 0.2) is 0 Å². The van der Waals surface area contributed by atoms with Gasteiger partial charge in [0.15, 0.2) is 0 Å². The Labute approximate surface area is 162 Å². The van der Waals surface area contributed by atoms with E-state index in [4.69, 9.17) is 10.5 Å². The van der Waals surface area contributed by atoms with Gasteiger partial charge in [-0.3, -0.25) is 4.79 Å². The maximum atomic E-state index is 12.8. The second-order valence-corrected chi connectivity index (χ2v) is 9.21. The molecule has 0 aromatic carbocycles. The molecule has 3 heterocycles. The van der Waals surface area contributed by atoms with Crippen molar-refractivity contribution in [2.75, 3.05) is 52.5 Å². The van der Waals surface area contributed by atoms with Crippen molar-refractivity contribution in [3.63, 3.8) is 0 Å². The monoisotopic (exact) mass is 410 g/mol. The maximum Gasteiger partial charge on any atom is 0.282 e. The van der Waals surface area contributed by atoms with Gasteiger partial charge in [-0.15, -0.1) is 12.4 Å². The summed E-state index contributed by atoms with van der Waals surface area (Å²) in [5.74, 6) is -0.0670. The summed E-state index contributed by atoms with van der Waals surface area (Å²) >= 11 is 0. The van der Waals surface area contributed by atoms with Crippen molar-refractivity contribution in [2.24, 2.45) is 5.73 Å². The van der Waals surface area contributed by atoms with E-state index in [0.717, 1.165) is 25.7 Å². The molecule has 0 spiro atoms. The van der Waals surface area contributed by atoms with Gasteiger partial charge in [0.05, 0.1) is 5.54 Å². The van der Waals surface area contributed by atoms with Crippen LogP contribution in [0.2, 0.25) is 0 Å². The summed E-state index contributed by atoms with van der Waals surface area (Å²) < 4.78 is 34.1. The van der Waals surface area contributed by atoms with Gasteiger partial charge < -0.3 is 15.4 Å². The number of nitrogens with zero attached hydrogens (tertiary/aromatic N) is 3. The first-order chi connectivity index (χ1) is 11.9. The zero-order valence-electron chi connectivity index (χ0n) is 15.3. The van der Waals surface area contributed by atoms with Crippen LogP contribution in [0.3, 0.4) is 0 Å². The molecule has 26 heavy (non-hydrogen) atoms. The average Bonchev–Trinajstić information content (AvgIpc) is 2.92. The lowest BCUT2D eigenvalue weighted by Crippen LogP contribution is -2.62. The zero-order valence-corrected chi connectivity index (χ0v) is 16.9. The SMILES string of the molecule is Cl.NC1(C(=O)N2CCN(S(=O)(=O)N3CCCCCC3)CC2)CCOCC1. The second-order valence-electron chi connectivity index (χ2n) is 7.28. The second kappa shape index (κ2) is 9.16. The first kappa shape index (κ1) is 21.8. The molecule has 3 aliphatic heterocycles. The summed E-state index contributed by atoms with van der Waals surface area (Å²) in [5, 5.41) is 0. The fraction of sp³-hybridized carbons (Fsp3) is 0.938. The molecule has 3 rings (SSSR count). The van der Waals surface area contributed by atoms with E-state index in [1.54, 1.807) is 9.21 Å². The van der Waals surface area contributed by atoms with E-state index in [0.29, 0.717) is 65.3 Å². The minimum Gasteiger partial charge on any atom is -0.381 e. The minimum atomic E-state index is -3.42. The molecule has 10 heteroatoms. The third-order valence-corrected chi connectivity index (χ3v) is 7.59. The van der Waals surface area contributed by atoms with Crippen LogP contribution in [0.4, 0.5) is 0 Å². The van der Waals surface area contributed by atoms with Gasteiger partial charge in [-0.05, 0) is 25.7 Å². The van der Waals surface area contributed by atoms with Gasteiger partial charge >= 0.3 is 0 Å². The van der Waals surface area contributed by atoms with Crippen LogP contribution in [-0.4, -0.2) is 85.9 Å². The molecule has 0 bridgehead atoms. The van der Waals surface area contributed by atoms with Crippen molar-refractivity contribution in [3.05, 3.63) is 0 Å². The molecule has 0 saturated carbocycles. The molecule has 0 unspecified atom stereocenters. The minimum absolute atomic E-state index is 0. The number of ether oxygens (including phenoxy) is 1. The Balaban J connectivity index is 0.00000243. The molecule has 0 atom stereocenters. The Kier molecular flexibility index (Phi) is 7.70. The van der Waals surface area contributed by atoms with E-state index in [9.17, 15) is 13.2 Å². The van der Waals surface area contributed by atoms with Crippen molar-refractivity contribution < 1.29 is 17.9 Å². The summed E-state index contributed by atoms with van der Waals surface area (Å²) in [4.78, 5) is 14.5. The standard InChI is InChI=1S/C16H30N4O4S.ClH/c17-16(5-13-24-14-6-16)15(21)18-9-11-20(12-10-18)25(22,23)19-7-3-1-2-4-8-19;/h1-14,17H2;1H. The smallest absolute Gasteiger partial charge is 0.282 e. The molecule has 2 N–H and O–H groups in total. The Morgan fingerprint density at radius 3 is 1.88 bits per heavy atom. The number of hydrogen-bond acceptors (Lipinski definition) is 5. The Morgan fingerprint density at radius 2 is 1.35 bits per heavy atom. The van der Waals surface area contributed by atoms with Crippen molar-refractivity contribution in [2.45, 2.75) is 44.1 Å². The highest BCUT2D eigenvalue weighted by atomic mass is 35.5. The number of nitrogens with two attached hydrogens (primary N) is 1. The Morgan fingerprint density at radius 1 is 0.846 bits per heavy atom. The van der Waals surface area contributed by atoms with Gasteiger partial charge in [-0.2, -0.15) is 17.0 Å². The van der Waals surface area contributed by atoms with Crippen molar-refractivity contribution >= 4 is 28.5 Å². The highest BCUT2D eigenvalue weighted by Gasteiger charge is 2.41. The molecule has 3 aliphatic rings. The van der Waals surface area contributed by atoms with Crippen LogP contribution in [0.25, 0.3) is 0 Å². The first-order valence-electron chi connectivity index (χ1n) is 9.35. The molecular formula is C16H31ClN4O4S. The number of piperazine rings is 1. The van der Waals surface area contributed by atoms with E-state index in [1.165, 1.54) is 4.31 Å². The summed E-state index contributed by atoms with van der Waals surface area (Å²) in [6, 6.07) is 0. The molecule has 0 aromatic rings. The molecule has 1 amide bonds. The van der Waals surface area contributed by atoms with Crippen molar-refractivity contribution in [3.8, 4) is 0 Å². The van der Waals surface area contributed by atoms with Crippen LogP contribution < -0.4 is 5.73 Å². The topological polar surface area (TPSA) is 96.2 Å². The quantitative estimate of drug-likeness (QED) is 0.716. The van der Waals surface area contributed by atoms with Gasteiger partial charge in [0.1, 0.15) is 0 Å². The zero-order chi connectivity index (χ0) is 17.9. The summed E-state index contributed by atoms with van der Waals surface area (Å²) in [7, 11) is -3.42. The van der Waals surface area contributed by atoms with Crippen LogP contribution in [-0.2, 0) is 19.7 Å². The van der Waals surface area contributed by atoms with Gasteiger partial charge in [0.25, 0.3) is 10.2 Å². The fourth-order valence-corrected chi connectivity index (χ4v) is 5.49. The van der Waals surface area contributed by atoms with Gasteiger partial charge in [0.2, 0.25) is 5.91 Å². The average molecular weight is 411 g/mol. The summed E-state index contributed by atoms with van der Waals surface area (Å²) in [5.41, 5.74) is 5.42. The normalized spacial score (nSPS) is 26.0. The third-order valence-electron chi connectivity index (χ3n) is 5.55. The number of rotatable bonds is 3. The first-order valence-corrected chi connectivity index (χ1v) is 10.7. The number of hydrogen-bond donors (Lipinski definition) is 1. The largest absolute Gasteiger partial charge is 0.381 e. The molecule has 0 aromatic heterocycles. The van der Waals surface area contributed by atoms with Crippen LogP contribution in [0.1, 0.15) is 38.5 Å². The lowest BCUT2D eigenvalue weighted by atomic mass is 9.89. The highest BCUT2D eigenvalue weighted by Crippen LogP contribution is 2.23. The molecule has 3 fully saturated rings. The van der Waals surface area contributed by atoms with E-state index in [1.807, 2.05) is 0 Å². The van der Waals surface area contributed by atoms with Crippen LogP contribution in [0, 0.1) is 0 Å². The molecule has 0 radical (unpaired) electrons. The fourth-order valence-electron chi connectivity index (χ4n) is 3.82. The van der Waals surface area contributed by atoms with E-state index in [2.05, 4.69) is 0 Å². The summed E-state index contributed by atoms with van der Waals surface area (Å²) in [6.07, 6.45) is 5.09. The van der Waals surface area contributed by atoms with Crippen molar-refractivity contribution in [1.29, 1.82) is 0 Å². The number of carbonyl (C=O) groups excluding carboxylic acids is 1. The Bertz CT molecular complexity index is 567. The predicted octanol–water partition coefficient (Wildman–Crippen LogP) is 0.181. The highest BCUT2D eigenvalue weighted by molar-refractivity contribution is 7.86.